The van der Waals surface area contributed by atoms with E-state index in [1.54, 1.807) is 25.1 Å². The van der Waals surface area contributed by atoms with Crippen molar-refractivity contribution in [3.05, 3.63) is 41.2 Å². The molecule has 0 aliphatic heterocycles. The van der Waals surface area contributed by atoms with Gasteiger partial charge in [0.1, 0.15) is 17.3 Å². The van der Waals surface area contributed by atoms with Gasteiger partial charge in [0.15, 0.2) is 0 Å². The van der Waals surface area contributed by atoms with Crippen molar-refractivity contribution in [2.45, 2.75) is 19.0 Å². The summed E-state index contributed by atoms with van der Waals surface area (Å²) in [5.74, 6) is 2.43. The minimum Gasteiger partial charge on any atom is -0.462 e. The summed E-state index contributed by atoms with van der Waals surface area (Å²) in [4.78, 5) is 16.1. The Morgan fingerprint density at radius 3 is 2.96 bits per heavy atom. The smallest absolute Gasteiger partial charge is 0.237 e. The molecule has 124 valence electrons. The van der Waals surface area contributed by atoms with Gasteiger partial charge >= 0.3 is 0 Å². The molecule has 1 amide bonds. The summed E-state index contributed by atoms with van der Waals surface area (Å²) in [5, 5.41) is 13.6. The molecule has 8 nitrogen and oxygen atoms in total. The summed E-state index contributed by atoms with van der Waals surface area (Å²) in [6, 6.07) is 5.40. The van der Waals surface area contributed by atoms with E-state index in [0.717, 1.165) is 11.5 Å². The fraction of sp³-hybridized carbons (Fsp3) is 0.200. The number of aryl methyl sites for hydroxylation is 2. The standard InChI is InChI=1S/C15H15N5O3S/c1-9-7-14(23-20-9)17-13(21)8-24-15-16-12(18-19-15)6-5-11-4-3-10(2)22-11/h3-7H,8H2,1-2H3,(H,17,21)(H,16,18,19)/b6-5+. The number of aromatic nitrogens is 4. The maximum absolute atomic E-state index is 11.8. The average Bonchev–Trinajstić information content (AvgIpc) is 3.25. The van der Waals surface area contributed by atoms with Gasteiger partial charge in [-0.3, -0.25) is 15.2 Å². The first-order chi connectivity index (χ1) is 11.6. The number of amides is 1. The Morgan fingerprint density at radius 1 is 1.38 bits per heavy atom. The third-order valence-corrected chi connectivity index (χ3v) is 3.72. The first-order valence-corrected chi connectivity index (χ1v) is 8.10. The third-order valence-electron chi connectivity index (χ3n) is 2.87. The summed E-state index contributed by atoms with van der Waals surface area (Å²) < 4.78 is 10.3. The van der Waals surface area contributed by atoms with Gasteiger partial charge < -0.3 is 8.94 Å². The average molecular weight is 345 g/mol. The number of hydrogen-bond donors (Lipinski definition) is 2. The van der Waals surface area contributed by atoms with Crippen LogP contribution in [0.4, 0.5) is 5.88 Å². The number of nitrogens with one attached hydrogen (secondary N) is 2. The zero-order valence-electron chi connectivity index (χ0n) is 13.1. The fourth-order valence-corrected chi connectivity index (χ4v) is 2.43. The predicted octanol–water partition coefficient (Wildman–Crippen LogP) is 2.90. The topological polar surface area (TPSA) is 110 Å². The van der Waals surface area contributed by atoms with E-state index >= 15 is 0 Å². The number of carbonyl (C=O) groups excluding carboxylic acids is 1. The maximum atomic E-state index is 11.8. The summed E-state index contributed by atoms with van der Waals surface area (Å²) in [6.45, 7) is 3.66. The zero-order chi connectivity index (χ0) is 16.9. The van der Waals surface area contributed by atoms with Crippen LogP contribution in [0, 0.1) is 13.8 Å². The van der Waals surface area contributed by atoms with Crippen LogP contribution in [0.1, 0.15) is 23.0 Å². The van der Waals surface area contributed by atoms with E-state index in [1.165, 1.54) is 11.8 Å². The van der Waals surface area contributed by atoms with Crippen LogP contribution in [0.5, 0.6) is 0 Å². The van der Waals surface area contributed by atoms with E-state index in [-0.39, 0.29) is 11.7 Å². The molecule has 0 spiro atoms. The Kier molecular flexibility index (Phi) is 4.80. The molecular weight excluding hydrogens is 330 g/mol. The van der Waals surface area contributed by atoms with Gasteiger partial charge in [-0.1, -0.05) is 16.9 Å². The van der Waals surface area contributed by atoms with Gasteiger partial charge in [0, 0.05) is 6.07 Å². The Hall–Kier alpha value is -2.81. The first-order valence-electron chi connectivity index (χ1n) is 7.11. The van der Waals surface area contributed by atoms with Crippen LogP contribution in [-0.2, 0) is 4.79 Å². The van der Waals surface area contributed by atoms with Gasteiger partial charge in [0.2, 0.25) is 16.9 Å². The van der Waals surface area contributed by atoms with E-state index in [9.17, 15) is 4.79 Å². The lowest BCUT2D eigenvalue weighted by Gasteiger charge is -1.97. The van der Waals surface area contributed by atoms with Gasteiger partial charge in [-0.15, -0.1) is 5.10 Å². The molecule has 0 unspecified atom stereocenters. The molecule has 9 heteroatoms. The lowest BCUT2D eigenvalue weighted by molar-refractivity contribution is -0.113. The molecule has 0 atom stereocenters. The Balaban J connectivity index is 1.50. The van der Waals surface area contributed by atoms with Gasteiger partial charge in [0.05, 0.1) is 11.4 Å². The number of hydrogen-bond acceptors (Lipinski definition) is 7. The van der Waals surface area contributed by atoms with Crippen LogP contribution in [0.25, 0.3) is 12.2 Å². The highest BCUT2D eigenvalue weighted by molar-refractivity contribution is 7.99. The molecule has 0 bridgehead atoms. The number of anilines is 1. The molecule has 0 saturated carbocycles. The predicted molar refractivity (Wildman–Crippen MR) is 89.3 cm³/mol. The molecule has 0 saturated heterocycles. The van der Waals surface area contributed by atoms with Gasteiger partial charge in [-0.25, -0.2) is 4.98 Å². The van der Waals surface area contributed by atoms with Gasteiger partial charge in [-0.05, 0) is 38.1 Å². The molecule has 3 heterocycles. The SMILES string of the molecule is Cc1cc(NC(=O)CSc2n[nH]c(/C=C/c3ccc(C)o3)n2)on1. The normalized spacial score (nSPS) is 11.2. The molecule has 0 aliphatic rings. The number of H-pyrrole nitrogens is 1. The van der Waals surface area contributed by atoms with Crippen molar-refractivity contribution >= 4 is 35.7 Å². The van der Waals surface area contributed by atoms with Crippen LogP contribution >= 0.6 is 11.8 Å². The Labute approximate surface area is 141 Å². The van der Waals surface area contributed by atoms with E-state index in [1.807, 2.05) is 19.1 Å². The summed E-state index contributed by atoms with van der Waals surface area (Å²) in [5.41, 5.74) is 0.704. The Bertz CT molecular complexity index is 864. The van der Waals surface area contributed by atoms with E-state index in [2.05, 4.69) is 25.7 Å². The second-order valence-corrected chi connectivity index (χ2v) is 5.90. The summed E-state index contributed by atoms with van der Waals surface area (Å²) >= 11 is 1.22. The number of rotatable bonds is 6. The number of carbonyl (C=O) groups is 1. The third kappa shape index (κ3) is 4.35. The number of furan rings is 1. The summed E-state index contributed by atoms with van der Waals surface area (Å²) in [7, 11) is 0. The molecule has 3 aromatic heterocycles. The highest BCUT2D eigenvalue weighted by Crippen LogP contribution is 2.15. The molecule has 0 aliphatic carbocycles. The van der Waals surface area contributed by atoms with E-state index in [4.69, 9.17) is 8.94 Å². The molecule has 3 aromatic rings. The maximum Gasteiger partial charge on any atom is 0.237 e. The molecule has 0 fully saturated rings. The van der Waals surface area contributed by atoms with Crippen molar-refractivity contribution in [2.75, 3.05) is 11.1 Å². The molecular formula is C15H15N5O3S. The highest BCUT2D eigenvalue weighted by atomic mass is 32.2. The van der Waals surface area contributed by atoms with Crippen molar-refractivity contribution < 1.29 is 13.7 Å². The van der Waals surface area contributed by atoms with Gasteiger partial charge in [0.25, 0.3) is 0 Å². The summed E-state index contributed by atoms with van der Waals surface area (Å²) in [6.07, 6.45) is 3.55. The fourth-order valence-electron chi connectivity index (χ4n) is 1.83. The quantitative estimate of drug-likeness (QED) is 0.661. The van der Waals surface area contributed by atoms with Crippen molar-refractivity contribution in [3.63, 3.8) is 0 Å². The molecule has 0 aromatic carbocycles. The Morgan fingerprint density at radius 2 is 2.25 bits per heavy atom. The van der Waals surface area contributed by atoms with Crippen molar-refractivity contribution in [1.82, 2.24) is 20.3 Å². The highest BCUT2D eigenvalue weighted by Gasteiger charge is 2.09. The zero-order valence-corrected chi connectivity index (χ0v) is 13.9. The van der Waals surface area contributed by atoms with Crippen LogP contribution in [-0.4, -0.2) is 32.0 Å². The van der Waals surface area contributed by atoms with Crippen LogP contribution in [0.3, 0.4) is 0 Å². The first kappa shape index (κ1) is 16.1. The van der Waals surface area contributed by atoms with Crippen LogP contribution in [0.2, 0.25) is 0 Å². The largest absolute Gasteiger partial charge is 0.462 e. The molecule has 0 radical (unpaired) electrons. The van der Waals surface area contributed by atoms with Crippen LogP contribution < -0.4 is 5.32 Å². The second kappa shape index (κ2) is 7.18. The lowest BCUT2D eigenvalue weighted by Crippen LogP contribution is -2.13. The lowest BCUT2D eigenvalue weighted by atomic mass is 10.4. The minimum atomic E-state index is -0.218. The second-order valence-electron chi connectivity index (χ2n) is 4.95. The molecule has 3 rings (SSSR count). The molecule has 24 heavy (non-hydrogen) atoms. The van der Waals surface area contributed by atoms with Crippen molar-refractivity contribution in [2.24, 2.45) is 0 Å². The van der Waals surface area contributed by atoms with Gasteiger partial charge in [-0.2, -0.15) is 0 Å². The van der Waals surface area contributed by atoms with E-state index < -0.39 is 0 Å². The minimum absolute atomic E-state index is 0.165. The number of thioether (sulfide) groups is 1. The van der Waals surface area contributed by atoms with Crippen LogP contribution in [0.15, 0.2) is 32.3 Å². The molecule has 2 N–H and O–H groups in total. The van der Waals surface area contributed by atoms with Crippen molar-refractivity contribution in [1.29, 1.82) is 0 Å². The van der Waals surface area contributed by atoms with Crippen molar-refractivity contribution in [3.8, 4) is 0 Å². The van der Waals surface area contributed by atoms with E-state index in [0.29, 0.717) is 22.6 Å². The number of aromatic amines is 1. The monoisotopic (exact) mass is 345 g/mol. The number of nitrogens with zero attached hydrogens (tertiary/aromatic N) is 3.